The lowest BCUT2D eigenvalue weighted by atomic mass is 9.91. The van der Waals surface area contributed by atoms with E-state index in [2.05, 4.69) is 0 Å². The first-order chi connectivity index (χ1) is 8.27. The second-order valence-corrected chi connectivity index (χ2v) is 6.57. The highest BCUT2D eigenvalue weighted by atomic mass is 16.8. The van der Waals surface area contributed by atoms with Crippen LogP contribution in [-0.2, 0) is 18.9 Å². The van der Waals surface area contributed by atoms with Gasteiger partial charge in [-0.1, -0.05) is 0 Å². The van der Waals surface area contributed by atoms with Crippen molar-refractivity contribution < 1.29 is 24.1 Å². The van der Waals surface area contributed by atoms with Crippen LogP contribution in [-0.4, -0.2) is 47.7 Å². The fourth-order valence-electron chi connectivity index (χ4n) is 3.19. The van der Waals surface area contributed by atoms with Crippen molar-refractivity contribution in [3.63, 3.8) is 0 Å². The average molecular weight is 258 g/mol. The Bertz CT molecular complexity index is 340. The van der Waals surface area contributed by atoms with E-state index in [-0.39, 0.29) is 30.0 Å². The van der Waals surface area contributed by atoms with Gasteiger partial charge in [0.1, 0.15) is 12.2 Å². The normalized spacial score (nSPS) is 49.5. The maximum atomic E-state index is 10.4. The Morgan fingerprint density at radius 3 is 2.39 bits per heavy atom. The zero-order valence-electron chi connectivity index (χ0n) is 11.4. The smallest absolute Gasteiger partial charge is 0.164 e. The van der Waals surface area contributed by atoms with E-state index in [1.807, 2.05) is 27.7 Å². The molecule has 104 valence electrons. The molecule has 0 aromatic carbocycles. The van der Waals surface area contributed by atoms with Crippen LogP contribution >= 0.6 is 0 Å². The van der Waals surface area contributed by atoms with Crippen LogP contribution in [0.4, 0.5) is 0 Å². The molecular formula is C13H22O5. The molecule has 18 heavy (non-hydrogen) atoms. The van der Waals surface area contributed by atoms with Gasteiger partial charge in [0.25, 0.3) is 0 Å². The van der Waals surface area contributed by atoms with Gasteiger partial charge in [-0.15, -0.1) is 0 Å². The number of hydrogen-bond acceptors (Lipinski definition) is 5. The molecule has 0 aliphatic carbocycles. The highest BCUT2D eigenvalue weighted by Gasteiger charge is 2.56. The summed E-state index contributed by atoms with van der Waals surface area (Å²) in [6.45, 7) is 8.24. The topological polar surface area (TPSA) is 57.2 Å². The standard InChI is InChI=1S/C13H22O5/c1-12(2)5-7-9(14)10(16-11(7)18-12)8-6-15-13(3,4)17-8/h7-11,14H,5-6H2,1-4H3/t7-,8-,9-,10-,11-/m1/s1. The molecule has 3 aliphatic rings. The number of ether oxygens (including phenoxy) is 4. The molecule has 0 radical (unpaired) electrons. The van der Waals surface area contributed by atoms with E-state index < -0.39 is 11.9 Å². The molecule has 3 fully saturated rings. The van der Waals surface area contributed by atoms with Crippen molar-refractivity contribution in [2.24, 2.45) is 5.92 Å². The van der Waals surface area contributed by atoms with Gasteiger partial charge in [-0.25, -0.2) is 0 Å². The van der Waals surface area contributed by atoms with Gasteiger partial charge in [-0.3, -0.25) is 0 Å². The van der Waals surface area contributed by atoms with Gasteiger partial charge in [-0.05, 0) is 34.1 Å². The minimum absolute atomic E-state index is 0.0392. The molecule has 0 amide bonds. The lowest BCUT2D eigenvalue weighted by Gasteiger charge is -2.26. The summed E-state index contributed by atoms with van der Waals surface area (Å²) >= 11 is 0. The van der Waals surface area contributed by atoms with Crippen LogP contribution in [0.1, 0.15) is 34.1 Å². The molecular weight excluding hydrogens is 236 g/mol. The molecule has 3 aliphatic heterocycles. The third-order valence-electron chi connectivity index (χ3n) is 3.98. The molecule has 0 saturated carbocycles. The molecule has 0 aromatic rings. The summed E-state index contributed by atoms with van der Waals surface area (Å²) < 4.78 is 22.9. The molecule has 0 unspecified atom stereocenters. The first-order valence-electron chi connectivity index (χ1n) is 6.61. The minimum atomic E-state index is -0.592. The lowest BCUT2D eigenvalue weighted by Crippen LogP contribution is -2.40. The van der Waals surface area contributed by atoms with Crippen LogP contribution in [0, 0.1) is 5.92 Å². The van der Waals surface area contributed by atoms with Crippen LogP contribution in [0.3, 0.4) is 0 Å². The largest absolute Gasteiger partial charge is 0.390 e. The summed E-state index contributed by atoms with van der Waals surface area (Å²) in [7, 11) is 0. The molecule has 0 spiro atoms. The van der Waals surface area contributed by atoms with Gasteiger partial charge in [0.05, 0.1) is 18.3 Å². The highest BCUT2D eigenvalue weighted by molar-refractivity contribution is 4.99. The van der Waals surface area contributed by atoms with Gasteiger partial charge in [0, 0.05) is 5.92 Å². The second-order valence-electron chi connectivity index (χ2n) is 6.57. The van der Waals surface area contributed by atoms with Gasteiger partial charge in [0.2, 0.25) is 0 Å². The van der Waals surface area contributed by atoms with Crippen molar-refractivity contribution in [3.8, 4) is 0 Å². The third kappa shape index (κ3) is 2.08. The maximum Gasteiger partial charge on any atom is 0.164 e. The van der Waals surface area contributed by atoms with Gasteiger partial charge < -0.3 is 24.1 Å². The summed E-state index contributed by atoms with van der Waals surface area (Å²) in [5.41, 5.74) is -0.215. The lowest BCUT2D eigenvalue weighted by molar-refractivity contribution is -0.199. The van der Waals surface area contributed by atoms with Crippen molar-refractivity contribution >= 4 is 0 Å². The predicted molar refractivity (Wildman–Crippen MR) is 62.8 cm³/mol. The molecule has 3 rings (SSSR count). The van der Waals surface area contributed by atoms with E-state index in [1.165, 1.54) is 0 Å². The van der Waals surface area contributed by atoms with Crippen molar-refractivity contribution in [1.29, 1.82) is 0 Å². The third-order valence-corrected chi connectivity index (χ3v) is 3.98. The maximum absolute atomic E-state index is 10.4. The van der Waals surface area contributed by atoms with E-state index in [9.17, 15) is 5.11 Å². The number of aliphatic hydroxyl groups excluding tert-OH is 1. The van der Waals surface area contributed by atoms with Crippen LogP contribution in [0.25, 0.3) is 0 Å². The molecule has 0 bridgehead atoms. The van der Waals surface area contributed by atoms with Crippen LogP contribution < -0.4 is 0 Å². The Kier molecular flexibility index (Phi) is 2.78. The van der Waals surface area contributed by atoms with Crippen LogP contribution in [0.5, 0.6) is 0 Å². The number of rotatable bonds is 1. The molecule has 3 heterocycles. The summed E-state index contributed by atoms with van der Waals surface area (Å²) in [6, 6.07) is 0. The predicted octanol–water partition coefficient (Wildman–Crippen LogP) is 1.04. The summed E-state index contributed by atoms with van der Waals surface area (Å²) in [5, 5.41) is 10.4. The Morgan fingerprint density at radius 2 is 1.83 bits per heavy atom. The number of fused-ring (bicyclic) bond motifs is 1. The average Bonchev–Trinajstić information content (AvgIpc) is 2.81. The van der Waals surface area contributed by atoms with Crippen molar-refractivity contribution in [3.05, 3.63) is 0 Å². The summed E-state index contributed by atoms with van der Waals surface area (Å²) in [5.74, 6) is -0.553. The molecule has 5 nitrogen and oxygen atoms in total. The molecule has 3 saturated heterocycles. The first kappa shape index (κ1) is 12.8. The molecule has 1 N–H and O–H groups in total. The van der Waals surface area contributed by atoms with E-state index in [1.54, 1.807) is 0 Å². The number of aliphatic hydroxyl groups is 1. The fourth-order valence-corrected chi connectivity index (χ4v) is 3.19. The Morgan fingerprint density at radius 1 is 1.11 bits per heavy atom. The van der Waals surface area contributed by atoms with E-state index in [4.69, 9.17) is 18.9 Å². The van der Waals surface area contributed by atoms with Crippen LogP contribution in [0.2, 0.25) is 0 Å². The van der Waals surface area contributed by atoms with Crippen LogP contribution in [0.15, 0.2) is 0 Å². The van der Waals surface area contributed by atoms with Crippen molar-refractivity contribution in [1.82, 2.24) is 0 Å². The minimum Gasteiger partial charge on any atom is -0.390 e. The summed E-state index contributed by atoms with van der Waals surface area (Å²) in [6.07, 6.45) is -0.608. The van der Waals surface area contributed by atoms with Crippen molar-refractivity contribution in [2.75, 3.05) is 6.61 Å². The second kappa shape index (κ2) is 3.90. The van der Waals surface area contributed by atoms with Gasteiger partial charge in [0.15, 0.2) is 12.1 Å². The van der Waals surface area contributed by atoms with E-state index >= 15 is 0 Å². The monoisotopic (exact) mass is 258 g/mol. The zero-order chi connectivity index (χ0) is 13.1. The van der Waals surface area contributed by atoms with E-state index in [0.29, 0.717) is 6.61 Å². The van der Waals surface area contributed by atoms with Crippen molar-refractivity contribution in [2.45, 2.75) is 70.1 Å². The quantitative estimate of drug-likeness (QED) is 0.761. The number of hydrogen-bond donors (Lipinski definition) is 1. The highest BCUT2D eigenvalue weighted by Crippen LogP contribution is 2.45. The van der Waals surface area contributed by atoms with Gasteiger partial charge >= 0.3 is 0 Å². The summed E-state index contributed by atoms with van der Waals surface area (Å²) in [4.78, 5) is 0. The Labute approximate surface area is 107 Å². The Hall–Kier alpha value is -0.200. The fraction of sp³-hybridized carbons (Fsp3) is 1.00. The Balaban J connectivity index is 1.68. The SMILES string of the molecule is CC1(C)C[C@H]2[C@H](O[C@H]([C@H]3COC(C)(C)O3)[C@@H]2O)O1. The zero-order valence-corrected chi connectivity index (χ0v) is 11.4. The first-order valence-corrected chi connectivity index (χ1v) is 6.61. The molecule has 5 atom stereocenters. The molecule has 5 heteroatoms. The van der Waals surface area contributed by atoms with E-state index in [0.717, 1.165) is 6.42 Å². The van der Waals surface area contributed by atoms with Gasteiger partial charge in [-0.2, -0.15) is 0 Å². The molecule has 0 aromatic heterocycles.